The highest BCUT2D eigenvalue weighted by Gasteiger charge is 2.28. The summed E-state index contributed by atoms with van der Waals surface area (Å²) in [6.45, 7) is 7.44. The fourth-order valence-corrected chi connectivity index (χ4v) is 4.60. The minimum Gasteiger partial charge on any atom is -0.446 e. The first-order chi connectivity index (χ1) is 8.78. The summed E-state index contributed by atoms with van der Waals surface area (Å²) in [5.41, 5.74) is -0.919. The van der Waals surface area contributed by atoms with Crippen molar-refractivity contribution in [2.75, 3.05) is 18.5 Å². The first-order valence-electron chi connectivity index (χ1n) is 7.05. The molecule has 0 saturated heterocycles. The molecule has 0 saturated carbocycles. The topological polar surface area (TPSA) is 43.4 Å². The molecule has 0 spiro atoms. The van der Waals surface area contributed by atoms with E-state index in [2.05, 4.69) is 19.8 Å². The van der Waals surface area contributed by atoms with Crippen LogP contribution in [0.4, 0.5) is 0 Å². The summed E-state index contributed by atoms with van der Waals surface area (Å²) in [7, 11) is -2.45. The van der Waals surface area contributed by atoms with Gasteiger partial charge in [0.15, 0.2) is 5.60 Å². The Labute approximate surface area is 117 Å². The van der Waals surface area contributed by atoms with E-state index in [-0.39, 0.29) is 6.16 Å². The third-order valence-electron chi connectivity index (χ3n) is 2.97. The number of carbonyl (C=O) groups is 1. The van der Waals surface area contributed by atoms with E-state index in [9.17, 15) is 9.36 Å². The summed E-state index contributed by atoms with van der Waals surface area (Å²) in [6.07, 6.45) is 10.3. The summed E-state index contributed by atoms with van der Waals surface area (Å²) < 4.78 is 18.0. The van der Waals surface area contributed by atoms with Gasteiger partial charge >= 0.3 is 5.97 Å². The fraction of sp³-hybridized carbons (Fsp3) is 0.800. The Hall–Kier alpha value is -0.740. The monoisotopic (exact) mass is 286 g/mol. The van der Waals surface area contributed by atoms with Gasteiger partial charge in [-0.25, -0.2) is 0 Å². The van der Waals surface area contributed by atoms with Crippen LogP contribution in [-0.4, -0.2) is 30.1 Å². The lowest BCUT2D eigenvalue weighted by Gasteiger charge is -2.22. The molecule has 19 heavy (non-hydrogen) atoms. The van der Waals surface area contributed by atoms with Crippen molar-refractivity contribution in [1.29, 1.82) is 0 Å². The van der Waals surface area contributed by atoms with Crippen molar-refractivity contribution in [3.63, 3.8) is 0 Å². The normalized spacial score (nSPS) is 11.9. The largest absolute Gasteiger partial charge is 0.446 e. The molecule has 0 aliphatic heterocycles. The second-order valence-electron chi connectivity index (χ2n) is 5.50. The quantitative estimate of drug-likeness (QED) is 0.367. The van der Waals surface area contributed by atoms with Gasteiger partial charge in [-0.05, 0) is 26.7 Å². The predicted octanol–water partition coefficient (Wildman–Crippen LogP) is 3.90. The molecule has 0 heterocycles. The van der Waals surface area contributed by atoms with Crippen LogP contribution in [0.3, 0.4) is 0 Å². The molecule has 0 atom stereocenters. The predicted molar refractivity (Wildman–Crippen MR) is 81.0 cm³/mol. The number of unbranched alkanes of at least 4 members (excludes halogenated alkanes) is 2. The standard InChI is InChI=1S/C15H27O3P/c1-6-9-11-19(17,12-10-7-2)13-14(16)18-15(4,5)8-3/h3H,6-7,9-13H2,1-2,4-5H3. The third-order valence-corrected chi connectivity index (χ3v) is 6.07. The Morgan fingerprint density at radius 3 is 2.05 bits per heavy atom. The van der Waals surface area contributed by atoms with Crippen molar-refractivity contribution in [1.82, 2.24) is 0 Å². The summed E-state index contributed by atoms with van der Waals surface area (Å²) in [5, 5.41) is 0. The van der Waals surface area contributed by atoms with E-state index in [1.54, 1.807) is 13.8 Å². The number of hydrogen-bond donors (Lipinski definition) is 0. The van der Waals surface area contributed by atoms with Gasteiger partial charge in [0.2, 0.25) is 0 Å². The van der Waals surface area contributed by atoms with Gasteiger partial charge in [-0.1, -0.05) is 32.6 Å². The average molecular weight is 286 g/mol. The number of hydrogen-bond acceptors (Lipinski definition) is 3. The number of rotatable bonds is 9. The maximum Gasteiger partial charge on any atom is 0.314 e. The number of esters is 1. The summed E-state index contributed by atoms with van der Waals surface area (Å²) >= 11 is 0. The lowest BCUT2D eigenvalue weighted by atomic mass is 10.1. The maximum atomic E-state index is 12.8. The zero-order valence-electron chi connectivity index (χ0n) is 12.7. The molecule has 110 valence electrons. The van der Waals surface area contributed by atoms with E-state index in [0.717, 1.165) is 25.7 Å². The van der Waals surface area contributed by atoms with Crippen molar-refractivity contribution >= 4 is 13.1 Å². The lowest BCUT2D eigenvalue weighted by molar-refractivity contribution is -0.148. The van der Waals surface area contributed by atoms with Crippen molar-refractivity contribution < 1.29 is 14.1 Å². The van der Waals surface area contributed by atoms with Crippen LogP contribution in [0.25, 0.3) is 0 Å². The van der Waals surface area contributed by atoms with E-state index >= 15 is 0 Å². The van der Waals surface area contributed by atoms with E-state index in [1.807, 2.05) is 0 Å². The molecule has 0 bridgehead atoms. The molecule has 0 rings (SSSR count). The molecule has 0 aliphatic carbocycles. The second-order valence-corrected chi connectivity index (χ2v) is 8.83. The summed E-state index contributed by atoms with van der Waals surface area (Å²) in [4.78, 5) is 11.9. The minimum absolute atomic E-state index is 0.0259. The van der Waals surface area contributed by atoms with Crippen molar-refractivity contribution in [3.8, 4) is 12.3 Å². The summed E-state index contributed by atoms with van der Waals surface area (Å²) in [5.74, 6) is 1.98. The second kappa shape index (κ2) is 8.43. The Morgan fingerprint density at radius 1 is 1.21 bits per heavy atom. The molecule has 4 heteroatoms. The Kier molecular flexibility index (Phi) is 8.11. The molecule has 0 amide bonds. The van der Waals surface area contributed by atoms with Gasteiger partial charge < -0.3 is 9.30 Å². The zero-order chi connectivity index (χ0) is 14.9. The van der Waals surface area contributed by atoms with E-state index in [0.29, 0.717) is 12.3 Å². The fourth-order valence-electron chi connectivity index (χ4n) is 1.74. The van der Waals surface area contributed by atoms with Crippen LogP contribution in [-0.2, 0) is 14.1 Å². The van der Waals surface area contributed by atoms with E-state index in [1.165, 1.54) is 0 Å². The van der Waals surface area contributed by atoms with Gasteiger partial charge in [0.25, 0.3) is 0 Å². The van der Waals surface area contributed by atoms with Gasteiger partial charge in [-0.3, -0.25) is 4.79 Å². The highest BCUT2D eigenvalue weighted by Crippen LogP contribution is 2.47. The Morgan fingerprint density at radius 2 is 1.68 bits per heavy atom. The van der Waals surface area contributed by atoms with Crippen LogP contribution >= 0.6 is 7.14 Å². The van der Waals surface area contributed by atoms with Crippen LogP contribution in [0.1, 0.15) is 53.4 Å². The smallest absolute Gasteiger partial charge is 0.314 e. The summed E-state index contributed by atoms with van der Waals surface area (Å²) in [6, 6.07) is 0. The van der Waals surface area contributed by atoms with Crippen LogP contribution in [0.5, 0.6) is 0 Å². The first kappa shape index (κ1) is 18.3. The number of terminal acetylenes is 1. The van der Waals surface area contributed by atoms with Crippen LogP contribution in [0.15, 0.2) is 0 Å². The number of carbonyl (C=O) groups excluding carboxylic acids is 1. The molecule has 3 nitrogen and oxygen atoms in total. The van der Waals surface area contributed by atoms with Crippen LogP contribution in [0.2, 0.25) is 0 Å². The molecule has 0 aromatic heterocycles. The molecular formula is C15H27O3P. The van der Waals surface area contributed by atoms with Gasteiger partial charge in [-0.15, -0.1) is 6.42 Å². The van der Waals surface area contributed by atoms with Crippen molar-refractivity contribution in [2.24, 2.45) is 0 Å². The van der Waals surface area contributed by atoms with Gasteiger partial charge in [0, 0.05) is 12.3 Å². The van der Waals surface area contributed by atoms with Gasteiger partial charge in [-0.2, -0.15) is 0 Å². The van der Waals surface area contributed by atoms with Crippen molar-refractivity contribution in [2.45, 2.75) is 59.0 Å². The molecular weight excluding hydrogens is 259 g/mol. The van der Waals surface area contributed by atoms with Crippen LogP contribution in [0, 0.1) is 12.3 Å². The minimum atomic E-state index is -2.45. The van der Waals surface area contributed by atoms with Gasteiger partial charge in [0.1, 0.15) is 0 Å². The molecule has 0 aromatic carbocycles. The highest BCUT2D eigenvalue weighted by atomic mass is 31.2. The van der Waals surface area contributed by atoms with E-state index in [4.69, 9.17) is 11.2 Å². The lowest BCUT2D eigenvalue weighted by Crippen LogP contribution is -2.28. The molecule has 0 N–H and O–H groups in total. The molecule has 0 aromatic rings. The SMILES string of the molecule is C#CC(C)(C)OC(=O)CP(=O)(CCCC)CCCC. The number of ether oxygens (including phenoxy) is 1. The average Bonchev–Trinajstić information content (AvgIpc) is 2.33. The molecule has 0 radical (unpaired) electrons. The maximum absolute atomic E-state index is 12.8. The zero-order valence-corrected chi connectivity index (χ0v) is 13.6. The van der Waals surface area contributed by atoms with E-state index < -0.39 is 18.7 Å². The molecule has 0 aliphatic rings. The Bertz CT molecular complexity index is 354. The van der Waals surface area contributed by atoms with Crippen LogP contribution < -0.4 is 0 Å². The first-order valence-corrected chi connectivity index (χ1v) is 9.31. The van der Waals surface area contributed by atoms with Crippen molar-refractivity contribution in [3.05, 3.63) is 0 Å². The molecule has 0 fully saturated rings. The third kappa shape index (κ3) is 8.11. The molecule has 0 unspecified atom stereocenters. The highest BCUT2D eigenvalue weighted by molar-refractivity contribution is 7.64. The van der Waals surface area contributed by atoms with Gasteiger partial charge in [0.05, 0.1) is 13.3 Å². The Balaban J connectivity index is 4.59.